The Bertz CT molecular complexity index is 606. The molecule has 0 saturated carbocycles. The number of benzene rings is 1. The van der Waals surface area contributed by atoms with Crippen LogP contribution in [0.15, 0.2) is 24.3 Å². The van der Waals surface area contributed by atoms with E-state index in [4.69, 9.17) is 4.74 Å². The first kappa shape index (κ1) is 17.5. The topological polar surface area (TPSA) is 53.1 Å². The van der Waals surface area contributed by atoms with E-state index in [0.29, 0.717) is 39.0 Å². The fourth-order valence-corrected chi connectivity index (χ4v) is 3.53. The maximum atomic E-state index is 13.0. The number of carbonyl (C=O) groups is 2. The Hall–Kier alpha value is -2.31. The van der Waals surface area contributed by atoms with Gasteiger partial charge in [0.05, 0.1) is 7.11 Å². The SMILES string of the molecule is COC(=O)N1CCC(C(=O)N2CCN(c3ccc(F)cc3)CC2)CC1. The zero-order valence-electron chi connectivity index (χ0n) is 14.5. The van der Waals surface area contributed by atoms with Crippen molar-refractivity contribution < 1.29 is 18.7 Å². The highest BCUT2D eigenvalue weighted by Crippen LogP contribution is 2.22. The summed E-state index contributed by atoms with van der Waals surface area (Å²) in [7, 11) is 1.38. The number of ether oxygens (including phenoxy) is 1. The summed E-state index contributed by atoms with van der Waals surface area (Å²) < 4.78 is 17.7. The molecule has 0 aliphatic carbocycles. The number of halogens is 1. The molecule has 1 aromatic rings. The number of piperazine rings is 1. The molecule has 0 atom stereocenters. The van der Waals surface area contributed by atoms with Crippen molar-refractivity contribution in [1.29, 1.82) is 0 Å². The summed E-state index contributed by atoms with van der Waals surface area (Å²) in [5, 5.41) is 0. The fraction of sp³-hybridized carbons (Fsp3) is 0.556. The fourth-order valence-electron chi connectivity index (χ4n) is 3.53. The van der Waals surface area contributed by atoms with Crippen LogP contribution in [-0.4, -0.2) is 68.2 Å². The third-order valence-electron chi connectivity index (χ3n) is 5.06. The van der Waals surface area contributed by atoms with Crippen molar-refractivity contribution in [3.63, 3.8) is 0 Å². The molecule has 2 aliphatic rings. The maximum absolute atomic E-state index is 13.0. The lowest BCUT2D eigenvalue weighted by Crippen LogP contribution is -2.52. The molecule has 2 heterocycles. The predicted octanol–water partition coefficient (Wildman–Crippen LogP) is 1.95. The number of hydrogen-bond donors (Lipinski definition) is 0. The summed E-state index contributed by atoms with van der Waals surface area (Å²) in [6.45, 7) is 3.98. The van der Waals surface area contributed by atoms with Crippen molar-refractivity contribution in [3.05, 3.63) is 30.1 Å². The number of anilines is 1. The van der Waals surface area contributed by atoms with Gasteiger partial charge < -0.3 is 19.4 Å². The molecular weight excluding hydrogens is 325 g/mol. The summed E-state index contributed by atoms with van der Waals surface area (Å²) in [6, 6.07) is 6.47. The molecule has 0 aromatic heterocycles. The number of piperidine rings is 1. The van der Waals surface area contributed by atoms with Gasteiger partial charge in [0.1, 0.15) is 5.82 Å². The van der Waals surface area contributed by atoms with Gasteiger partial charge in [-0.25, -0.2) is 9.18 Å². The molecule has 2 fully saturated rings. The van der Waals surface area contributed by atoms with Crippen molar-refractivity contribution in [2.24, 2.45) is 5.92 Å². The molecule has 0 unspecified atom stereocenters. The van der Waals surface area contributed by atoms with Gasteiger partial charge >= 0.3 is 6.09 Å². The van der Waals surface area contributed by atoms with Crippen molar-refractivity contribution in [2.45, 2.75) is 12.8 Å². The summed E-state index contributed by atoms with van der Waals surface area (Å²) in [5.41, 5.74) is 0.986. The highest BCUT2D eigenvalue weighted by atomic mass is 19.1. The molecule has 0 N–H and O–H groups in total. The zero-order chi connectivity index (χ0) is 17.8. The number of likely N-dealkylation sites (tertiary alicyclic amines) is 1. The average molecular weight is 349 g/mol. The van der Waals surface area contributed by atoms with Crippen LogP contribution in [-0.2, 0) is 9.53 Å². The molecule has 6 nitrogen and oxygen atoms in total. The van der Waals surface area contributed by atoms with Crippen molar-refractivity contribution >= 4 is 17.7 Å². The number of nitrogens with zero attached hydrogens (tertiary/aromatic N) is 3. The molecule has 3 rings (SSSR count). The lowest BCUT2D eigenvalue weighted by Gasteiger charge is -2.39. The Morgan fingerprint density at radius 3 is 2.12 bits per heavy atom. The summed E-state index contributed by atoms with van der Waals surface area (Å²) in [6.07, 6.45) is 1.05. The Morgan fingerprint density at radius 1 is 0.960 bits per heavy atom. The minimum absolute atomic E-state index is 0.0155. The second-order valence-corrected chi connectivity index (χ2v) is 6.52. The minimum Gasteiger partial charge on any atom is -0.453 e. The second-order valence-electron chi connectivity index (χ2n) is 6.52. The first-order valence-electron chi connectivity index (χ1n) is 8.70. The monoisotopic (exact) mass is 349 g/mol. The van der Waals surface area contributed by atoms with Gasteiger partial charge in [0.15, 0.2) is 0 Å². The second kappa shape index (κ2) is 7.72. The van der Waals surface area contributed by atoms with Crippen LogP contribution in [0.5, 0.6) is 0 Å². The van der Waals surface area contributed by atoms with Crippen LogP contribution in [0.3, 0.4) is 0 Å². The lowest BCUT2D eigenvalue weighted by atomic mass is 9.95. The van der Waals surface area contributed by atoms with Crippen LogP contribution >= 0.6 is 0 Å². The van der Waals surface area contributed by atoms with Gasteiger partial charge in [0.2, 0.25) is 5.91 Å². The molecule has 0 bridgehead atoms. The highest BCUT2D eigenvalue weighted by molar-refractivity contribution is 5.79. The van der Waals surface area contributed by atoms with E-state index in [-0.39, 0.29) is 23.7 Å². The van der Waals surface area contributed by atoms with Gasteiger partial charge in [0.25, 0.3) is 0 Å². The van der Waals surface area contributed by atoms with Gasteiger partial charge in [-0.15, -0.1) is 0 Å². The first-order valence-corrected chi connectivity index (χ1v) is 8.70. The van der Waals surface area contributed by atoms with E-state index in [9.17, 15) is 14.0 Å². The Kier molecular flexibility index (Phi) is 5.40. The molecule has 136 valence electrons. The minimum atomic E-state index is -0.321. The number of methoxy groups -OCH3 is 1. The molecule has 25 heavy (non-hydrogen) atoms. The molecule has 0 spiro atoms. The molecule has 7 heteroatoms. The molecule has 2 saturated heterocycles. The Morgan fingerprint density at radius 2 is 1.56 bits per heavy atom. The van der Waals surface area contributed by atoms with E-state index in [1.807, 2.05) is 4.90 Å². The highest BCUT2D eigenvalue weighted by Gasteiger charge is 2.31. The largest absolute Gasteiger partial charge is 0.453 e. The van der Waals surface area contributed by atoms with Crippen molar-refractivity contribution in [1.82, 2.24) is 9.80 Å². The van der Waals surface area contributed by atoms with Crippen LogP contribution in [0, 0.1) is 11.7 Å². The normalized spacial score (nSPS) is 19.0. The van der Waals surface area contributed by atoms with E-state index in [2.05, 4.69) is 4.90 Å². The lowest BCUT2D eigenvalue weighted by molar-refractivity contribution is -0.137. The van der Waals surface area contributed by atoms with Crippen LogP contribution in [0.1, 0.15) is 12.8 Å². The van der Waals surface area contributed by atoms with Crippen molar-refractivity contribution in [2.75, 3.05) is 51.3 Å². The Balaban J connectivity index is 1.49. The van der Waals surface area contributed by atoms with Crippen LogP contribution in [0.25, 0.3) is 0 Å². The number of carbonyl (C=O) groups excluding carboxylic acids is 2. The third-order valence-corrected chi connectivity index (χ3v) is 5.06. The number of amides is 2. The van der Waals surface area contributed by atoms with Gasteiger partial charge in [-0.1, -0.05) is 0 Å². The van der Waals surface area contributed by atoms with E-state index >= 15 is 0 Å². The molecule has 2 amide bonds. The van der Waals surface area contributed by atoms with Gasteiger partial charge in [-0.3, -0.25) is 4.79 Å². The van der Waals surface area contributed by atoms with Crippen molar-refractivity contribution in [3.8, 4) is 0 Å². The maximum Gasteiger partial charge on any atom is 0.409 e. The van der Waals surface area contributed by atoms with Gasteiger partial charge in [0, 0.05) is 50.9 Å². The van der Waals surface area contributed by atoms with E-state index in [1.54, 1.807) is 17.0 Å². The molecule has 1 aromatic carbocycles. The van der Waals surface area contributed by atoms with E-state index in [0.717, 1.165) is 18.8 Å². The first-order chi connectivity index (χ1) is 12.1. The van der Waals surface area contributed by atoms with Crippen LogP contribution in [0.4, 0.5) is 14.9 Å². The van der Waals surface area contributed by atoms with E-state index in [1.165, 1.54) is 19.2 Å². The summed E-state index contributed by atoms with van der Waals surface area (Å²) in [5.74, 6) is -0.0718. The zero-order valence-corrected chi connectivity index (χ0v) is 14.5. The molecular formula is C18H24FN3O3. The summed E-state index contributed by atoms with van der Waals surface area (Å²) >= 11 is 0. The Labute approximate surface area is 147 Å². The van der Waals surface area contributed by atoms with Gasteiger partial charge in [-0.2, -0.15) is 0 Å². The van der Waals surface area contributed by atoms with Crippen LogP contribution < -0.4 is 4.90 Å². The number of hydrogen-bond acceptors (Lipinski definition) is 4. The number of rotatable bonds is 2. The molecule has 0 radical (unpaired) electrons. The van der Waals surface area contributed by atoms with Gasteiger partial charge in [-0.05, 0) is 37.1 Å². The third kappa shape index (κ3) is 4.03. The predicted molar refractivity (Wildman–Crippen MR) is 91.9 cm³/mol. The summed E-state index contributed by atoms with van der Waals surface area (Å²) in [4.78, 5) is 30.0. The van der Waals surface area contributed by atoms with E-state index < -0.39 is 0 Å². The van der Waals surface area contributed by atoms with Crippen LogP contribution in [0.2, 0.25) is 0 Å². The average Bonchev–Trinajstić information content (AvgIpc) is 2.67. The standard InChI is InChI=1S/C18H24FN3O3/c1-25-18(24)22-8-6-14(7-9-22)17(23)21-12-10-20(11-13-21)16-4-2-15(19)3-5-16/h2-5,14H,6-13H2,1H3. The quantitative estimate of drug-likeness (QED) is 0.819. The smallest absolute Gasteiger partial charge is 0.409 e. The molecule has 2 aliphatic heterocycles.